The number of rotatable bonds is 3. The van der Waals surface area contributed by atoms with E-state index in [2.05, 4.69) is 6.08 Å². The molecule has 2 rings (SSSR count). The fraction of sp³-hybridized carbons (Fsp3) is 0.500. The van der Waals surface area contributed by atoms with Gasteiger partial charge in [-0.1, -0.05) is 37.6 Å². The lowest BCUT2D eigenvalue weighted by Gasteiger charge is -2.31. The topological polar surface area (TPSA) is 20.2 Å². The van der Waals surface area contributed by atoms with E-state index >= 15 is 0 Å². The van der Waals surface area contributed by atoms with Gasteiger partial charge in [-0.2, -0.15) is 0 Å². The summed E-state index contributed by atoms with van der Waals surface area (Å²) in [6.07, 6.45) is 7.94. The van der Waals surface area contributed by atoms with Crippen molar-refractivity contribution in [3.8, 4) is 0 Å². The molecule has 0 aromatic heterocycles. The second kappa shape index (κ2) is 5.66. The van der Waals surface area contributed by atoms with Gasteiger partial charge in [-0.3, -0.25) is 0 Å². The summed E-state index contributed by atoms with van der Waals surface area (Å²) >= 11 is 0. The Balaban J connectivity index is 2.41. The van der Waals surface area contributed by atoms with Crippen molar-refractivity contribution in [2.45, 2.75) is 51.0 Å². The molecule has 1 aliphatic rings. The molecule has 98 valence electrons. The molecule has 0 heterocycles. The van der Waals surface area contributed by atoms with Crippen molar-refractivity contribution in [2.24, 2.45) is 0 Å². The zero-order chi connectivity index (χ0) is 13.0. The van der Waals surface area contributed by atoms with Crippen molar-refractivity contribution < 1.29 is 9.50 Å². The molecule has 0 spiro atoms. The van der Waals surface area contributed by atoms with Gasteiger partial charge in [0.25, 0.3) is 0 Å². The molecule has 1 aromatic rings. The zero-order valence-electron chi connectivity index (χ0n) is 11.0. The lowest BCUT2D eigenvalue weighted by atomic mass is 9.81. The van der Waals surface area contributed by atoms with Crippen molar-refractivity contribution in [3.63, 3.8) is 0 Å². The van der Waals surface area contributed by atoms with Crippen molar-refractivity contribution in [1.82, 2.24) is 0 Å². The third-order valence-corrected chi connectivity index (χ3v) is 3.90. The molecule has 1 N–H and O–H groups in total. The van der Waals surface area contributed by atoms with Crippen LogP contribution in [0.5, 0.6) is 0 Å². The highest BCUT2D eigenvalue weighted by molar-refractivity contribution is 5.34. The van der Waals surface area contributed by atoms with Crippen LogP contribution in [0.1, 0.15) is 51.0 Å². The number of allylic oxidation sites excluding steroid dienone is 1. The fourth-order valence-corrected chi connectivity index (χ4v) is 2.78. The molecular weight excluding hydrogens is 227 g/mol. The van der Waals surface area contributed by atoms with Gasteiger partial charge in [0.1, 0.15) is 11.4 Å². The highest BCUT2D eigenvalue weighted by Crippen LogP contribution is 2.38. The van der Waals surface area contributed by atoms with Crippen LogP contribution in [0, 0.1) is 5.82 Å². The molecule has 0 radical (unpaired) electrons. The van der Waals surface area contributed by atoms with Crippen molar-refractivity contribution in [2.75, 3.05) is 0 Å². The first-order valence-corrected chi connectivity index (χ1v) is 6.85. The van der Waals surface area contributed by atoms with Gasteiger partial charge in [-0.15, -0.1) is 0 Å². The van der Waals surface area contributed by atoms with Gasteiger partial charge in [0, 0.05) is 5.56 Å². The zero-order valence-corrected chi connectivity index (χ0v) is 11.0. The van der Waals surface area contributed by atoms with E-state index in [1.54, 1.807) is 18.2 Å². The Morgan fingerprint density at radius 2 is 2.00 bits per heavy atom. The van der Waals surface area contributed by atoms with Gasteiger partial charge < -0.3 is 5.11 Å². The van der Waals surface area contributed by atoms with Crippen LogP contribution < -0.4 is 0 Å². The molecule has 1 aromatic carbocycles. The molecule has 1 unspecified atom stereocenters. The molecule has 0 aliphatic heterocycles. The Morgan fingerprint density at radius 1 is 1.22 bits per heavy atom. The minimum absolute atomic E-state index is 0.313. The van der Waals surface area contributed by atoms with Crippen molar-refractivity contribution >= 4 is 0 Å². The van der Waals surface area contributed by atoms with Crippen molar-refractivity contribution in [1.29, 1.82) is 0 Å². The summed E-state index contributed by atoms with van der Waals surface area (Å²) in [5.74, 6) is -0.313. The number of benzene rings is 1. The van der Waals surface area contributed by atoms with Gasteiger partial charge in [0.2, 0.25) is 0 Å². The summed E-state index contributed by atoms with van der Waals surface area (Å²) in [5.41, 5.74) is 0.281. The lowest BCUT2D eigenvalue weighted by Crippen LogP contribution is -2.28. The Kier molecular flexibility index (Phi) is 4.18. The highest BCUT2D eigenvalue weighted by atomic mass is 19.1. The van der Waals surface area contributed by atoms with Crippen LogP contribution in [-0.2, 0) is 5.60 Å². The average molecular weight is 248 g/mol. The van der Waals surface area contributed by atoms with Crippen LogP contribution in [0.4, 0.5) is 4.39 Å². The quantitative estimate of drug-likeness (QED) is 0.790. The standard InChI is InChI=1S/C16H21FO/c1-2-16(18,13-9-5-3-4-6-10-13)14-11-7-8-12-15(14)17/h7-9,11-12,18H,2-6,10H2,1H3. The lowest BCUT2D eigenvalue weighted by molar-refractivity contribution is 0.0640. The largest absolute Gasteiger partial charge is 0.381 e. The average Bonchev–Trinajstić information content (AvgIpc) is 2.67. The summed E-state index contributed by atoms with van der Waals surface area (Å²) in [7, 11) is 0. The minimum Gasteiger partial charge on any atom is -0.381 e. The number of aliphatic hydroxyl groups is 1. The first-order chi connectivity index (χ1) is 8.68. The van der Waals surface area contributed by atoms with Crippen LogP contribution in [-0.4, -0.2) is 5.11 Å². The maximum absolute atomic E-state index is 13.9. The van der Waals surface area contributed by atoms with Gasteiger partial charge >= 0.3 is 0 Å². The summed E-state index contributed by atoms with van der Waals surface area (Å²) in [5, 5.41) is 10.9. The third-order valence-electron chi connectivity index (χ3n) is 3.90. The van der Waals surface area contributed by atoms with E-state index in [0.717, 1.165) is 24.8 Å². The van der Waals surface area contributed by atoms with Crippen molar-refractivity contribution in [3.05, 3.63) is 47.3 Å². The van der Waals surface area contributed by atoms with E-state index in [1.807, 2.05) is 6.92 Å². The molecule has 2 heteroatoms. The molecule has 1 nitrogen and oxygen atoms in total. The van der Waals surface area contributed by atoms with Gasteiger partial charge in [-0.05, 0) is 43.7 Å². The molecule has 0 saturated carbocycles. The predicted molar refractivity (Wildman–Crippen MR) is 71.8 cm³/mol. The molecule has 0 amide bonds. The van der Waals surface area contributed by atoms with Crippen LogP contribution >= 0.6 is 0 Å². The Morgan fingerprint density at radius 3 is 2.72 bits per heavy atom. The van der Waals surface area contributed by atoms with Gasteiger partial charge in [0.05, 0.1) is 0 Å². The number of hydrogen-bond acceptors (Lipinski definition) is 1. The number of halogens is 1. The smallest absolute Gasteiger partial charge is 0.129 e. The minimum atomic E-state index is -1.13. The van der Waals surface area contributed by atoms with E-state index < -0.39 is 5.60 Å². The maximum atomic E-state index is 13.9. The SMILES string of the molecule is CCC(O)(C1=CCCCCC1)c1ccccc1F. The maximum Gasteiger partial charge on any atom is 0.129 e. The monoisotopic (exact) mass is 248 g/mol. The Hall–Kier alpha value is -1.15. The van der Waals surface area contributed by atoms with Crippen LogP contribution in [0.25, 0.3) is 0 Å². The van der Waals surface area contributed by atoms with Crippen LogP contribution in [0.3, 0.4) is 0 Å². The molecule has 1 aliphatic carbocycles. The number of hydrogen-bond donors (Lipinski definition) is 1. The van der Waals surface area contributed by atoms with Crippen LogP contribution in [0.2, 0.25) is 0 Å². The van der Waals surface area contributed by atoms with Gasteiger partial charge in [-0.25, -0.2) is 4.39 Å². The van der Waals surface area contributed by atoms with E-state index in [4.69, 9.17) is 0 Å². The fourth-order valence-electron chi connectivity index (χ4n) is 2.78. The normalized spacial score (nSPS) is 19.8. The van der Waals surface area contributed by atoms with E-state index in [0.29, 0.717) is 12.0 Å². The molecule has 0 bridgehead atoms. The van der Waals surface area contributed by atoms with E-state index in [-0.39, 0.29) is 5.82 Å². The second-order valence-electron chi connectivity index (χ2n) is 5.02. The molecule has 0 saturated heterocycles. The molecule has 18 heavy (non-hydrogen) atoms. The summed E-state index contributed by atoms with van der Waals surface area (Å²) < 4.78 is 13.9. The summed E-state index contributed by atoms with van der Waals surface area (Å²) in [4.78, 5) is 0. The molecule has 0 fully saturated rings. The first-order valence-electron chi connectivity index (χ1n) is 6.85. The van der Waals surface area contributed by atoms with E-state index in [1.165, 1.54) is 18.9 Å². The summed E-state index contributed by atoms with van der Waals surface area (Å²) in [6, 6.07) is 6.57. The van der Waals surface area contributed by atoms with Gasteiger partial charge in [0.15, 0.2) is 0 Å². The van der Waals surface area contributed by atoms with Crippen LogP contribution in [0.15, 0.2) is 35.9 Å². The molecular formula is C16H21FO. The van der Waals surface area contributed by atoms with E-state index in [9.17, 15) is 9.50 Å². The summed E-state index contributed by atoms with van der Waals surface area (Å²) in [6.45, 7) is 1.91. The second-order valence-corrected chi connectivity index (χ2v) is 5.02. The third kappa shape index (κ3) is 2.49. The Bertz CT molecular complexity index is 438. The Labute approximate surface area is 108 Å². The molecule has 1 atom stereocenters. The first kappa shape index (κ1) is 13.3. The highest BCUT2D eigenvalue weighted by Gasteiger charge is 2.33. The predicted octanol–water partition coefficient (Wildman–Crippen LogP) is 4.31.